The van der Waals surface area contributed by atoms with Crippen LogP contribution in [0.3, 0.4) is 0 Å². The molecule has 7 rings (SSSR count). The number of rotatable bonds is 12. The molecule has 284 valence electrons. The minimum Gasteiger partial charge on any atom is -0.496 e. The Kier molecular flexibility index (Phi) is 10.6. The quantitative estimate of drug-likeness (QED) is 0.143. The second kappa shape index (κ2) is 15.2. The third-order valence-electron chi connectivity index (χ3n) is 10.7. The standard InChI is InChI=1S/C41H44ClFN4O7/c1-41(40(49)50)22-46(23-41)20-30-32(43)14-24(15-36(30)51-3)26-8-6-10-28(39(26)42)27-9-7-11-33-29(27)18-44-47(33)25-16-37(52-4)31(38(17-25)53-5)19-45(2)34-12-13-54-21-35(34)48/h6-11,14-18,34-35,48H,12-13,19-23H2,1-5H3,(H,49,50)/t34-,35+/m1/s1. The maximum atomic E-state index is 15.8. The largest absolute Gasteiger partial charge is 0.496 e. The predicted molar refractivity (Wildman–Crippen MR) is 204 cm³/mol. The lowest BCUT2D eigenvalue weighted by Crippen LogP contribution is -2.58. The molecule has 0 spiro atoms. The van der Waals surface area contributed by atoms with E-state index in [1.165, 1.54) is 13.2 Å². The van der Waals surface area contributed by atoms with Gasteiger partial charge in [0.1, 0.15) is 23.1 Å². The number of aliphatic carboxylic acids is 1. The zero-order valence-electron chi connectivity index (χ0n) is 30.9. The first-order valence-electron chi connectivity index (χ1n) is 17.8. The number of fused-ring (bicyclic) bond motifs is 1. The average molecular weight is 759 g/mol. The Bertz CT molecular complexity index is 2180. The first kappa shape index (κ1) is 37.6. The smallest absolute Gasteiger partial charge is 0.311 e. The van der Waals surface area contributed by atoms with Crippen molar-refractivity contribution in [2.75, 3.05) is 54.7 Å². The van der Waals surface area contributed by atoms with Crippen LogP contribution in [-0.4, -0.2) is 103 Å². The number of carboxylic acid groups (broad SMARTS) is 1. The lowest BCUT2D eigenvalue weighted by Gasteiger charge is -2.45. The number of ether oxygens (including phenoxy) is 4. The molecule has 2 aliphatic heterocycles. The molecule has 2 N–H and O–H groups in total. The second-order valence-electron chi connectivity index (χ2n) is 14.4. The van der Waals surface area contributed by atoms with E-state index in [-0.39, 0.29) is 12.6 Å². The zero-order chi connectivity index (χ0) is 38.3. The third kappa shape index (κ3) is 6.88. The van der Waals surface area contributed by atoms with Crippen LogP contribution in [0, 0.1) is 11.2 Å². The summed E-state index contributed by atoms with van der Waals surface area (Å²) in [4.78, 5) is 15.6. The fourth-order valence-electron chi connectivity index (χ4n) is 7.81. The molecule has 4 aromatic carbocycles. The van der Waals surface area contributed by atoms with Crippen molar-refractivity contribution in [3.05, 3.63) is 88.8 Å². The lowest BCUT2D eigenvalue weighted by molar-refractivity contribution is -0.159. The number of aliphatic hydroxyl groups is 1. The fraction of sp³-hybridized carbons (Fsp3) is 0.366. The number of hydrogen-bond donors (Lipinski definition) is 2. The highest BCUT2D eigenvalue weighted by atomic mass is 35.5. The van der Waals surface area contributed by atoms with Crippen LogP contribution in [0.25, 0.3) is 38.8 Å². The Labute approximate surface area is 318 Å². The molecule has 0 amide bonds. The summed E-state index contributed by atoms with van der Waals surface area (Å²) < 4.78 is 40.4. The summed E-state index contributed by atoms with van der Waals surface area (Å²) in [5.74, 6) is 0.309. The maximum absolute atomic E-state index is 15.8. The van der Waals surface area contributed by atoms with E-state index in [9.17, 15) is 15.0 Å². The topological polar surface area (TPSA) is 119 Å². The summed E-state index contributed by atoms with van der Waals surface area (Å²) in [7, 11) is 6.71. The molecule has 2 atom stereocenters. The van der Waals surface area contributed by atoms with Gasteiger partial charge in [0.05, 0.1) is 67.4 Å². The van der Waals surface area contributed by atoms with Gasteiger partial charge in [-0.15, -0.1) is 0 Å². The number of hydrogen-bond acceptors (Lipinski definition) is 9. The Morgan fingerprint density at radius 3 is 2.31 bits per heavy atom. The zero-order valence-corrected chi connectivity index (χ0v) is 31.7. The van der Waals surface area contributed by atoms with Crippen molar-refractivity contribution in [2.24, 2.45) is 5.41 Å². The SMILES string of the molecule is COc1cc(-c2cccc(-c3cccc4c3cnn4-c3cc(OC)c(CN(C)[C@@H]4CCOC[C@@H]4O)c(OC)c3)c2Cl)cc(F)c1CN1CC(C)(C(=O)O)C1. The highest BCUT2D eigenvalue weighted by molar-refractivity contribution is 6.36. The molecule has 54 heavy (non-hydrogen) atoms. The molecule has 3 heterocycles. The van der Waals surface area contributed by atoms with Gasteiger partial charge in [0, 0.05) is 73.0 Å². The fourth-order valence-corrected chi connectivity index (χ4v) is 8.15. The Balaban J connectivity index is 1.20. The number of likely N-dealkylation sites (N-methyl/N-ethyl adjacent to an activating group) is 1. The van der Waals surface area contributed by atoms with E-state index in [0.29, 0.717) is 71.8 Å². The number of methoxy groups -OCH3 is 3. The summed E-state index contributed by atoms with van der Waals surface area (Å²) >= 11 is 7.16. The van der Waals surface area contributed by atoms with Gasteiger partial charge in [-0.1, -0.05) is 41.9 Å². The Morgan fingerprint density at radius 2 is 1.65 bits per heavy atom. The van der Waals surface area contributed by atoms with Gasteiger partial charge in [0.15, 0.2) is 0 Å². The number of halogens is 2. The number of nitrogens with zero attached hydrogens (tertiary/aromatic N) is 4. The normalized spacial score (nSPS) is 18.5. The molecule has 5 aromatic rings. The minimum absolute atomic E-state index is 0.0543. The number of carboxylic acids is 1. The molecule has 13 heteroatoms. The van der Waals surface area contributed by atoms with Gasteiger partial charge in [0.25, 0.3) is 0 Å². The van der Waals surface area contributed by atoms with Crippen LogP contribution in [0.1, 0.15) is 24.5 Å². The second-order valence-corrected chi connectivity index (χ2v) is 14.7. The minimum atomic E-state index is -0.860. The monoisotopic (exact) mass is 758 g/mol. The van der Waals surface area contributed by atoms with Gasteiger partial charge in [-0.25, -0.2) is 9.07 Å². The first-order chi connectivity index (χ1) is 26.0. The van der Waals surface area contributed by atoms with Crippen LogP contribution >= 0.6 is 11.6 Å². The summed E-state index contributed by atoms with van der Waals surface area (Å²) in [6, 6.07) is 18.6. The molecule has 0 aliphatic carbocycles. The van der Waals surface area contributed by atoms with Gasteiger partial charge in [-0.3, -0.25) is 14.6 Å². The van der Waals surface area contributed by atoms with Crippen LogP contribution in [0.15, 0.2) is 66.9 Å². The predicted octanol–water partition coefficient (Wildman–Crippen LogP) is 6.67. The van der Waals surface area contributed by atoms with Gasteiger partial charge < -0.3 is 29.2 Å². The lowest BCUT2D eigenvalue weighted by atomic mass is 9.82. The molecule has 11 nitrogen and oxygen atoms in total. The van der Waals surface area contributed by atoms with E-state index >= 15 is 4.39 Å². The number of carbonyl (C=O) groups is 1. The van der Waals surface area contributed by atoms with Crippen molar-refractivity contribution in [1.82, 2.24) is 19.6 Å². The van der Waals surface area contributed by atoms with Crippen molar-refractivity contribution in [3.63, 3.8) is 0 Å². The molecule has 2 saturated heterocycles. The maximum Gasteiger partial charge on any atom is 0.311 e. The van der Waals surface area contributed by atoms with E-state index in [1.54, 1.807) is 33.4 Å². The molecule has 0 bridgehead atoms. The van der Waals surface area contributed by atoms with Crippen LogP contribution in [0.2, 0.25) is 5.02 Å². The van der Waals surface area contributed by atoms with Gasteiger partial charge in [0.2, 0.25) is 0 Å². The van der Waals surface area contributed by atoms with Crippen molar-refractivity contribution < 1.29 is 38.3 Å². The third-order valence-corrected chi connectivity index (χ3v) is 11.1. The molecular weight excluding hydrogens is 715 g/mol. The van der Waals surface area contributed by atoms with E-state index in [4.69, 9.17) is 35.6 Å². The summed E-state index contributed by atoms with van der Waals surface area (Å²) in [5, 5.41) is 26.1. The summed E-state index contributed by atoms with van der Waals surface area (Å²) in [6.07, 6.45) is 1.94. The van der Waals surface area contributed by atoms with E-state index in [1.807, 2.05) is 65.2 Å². The summed E-state index contributed by atoms with van der Waals surface area (Å²) in [5.41, 5.74) is 4.73. The van der Waals surface area contributed by atoms with Crippen LogP contribution in [-0.2, 0) is 22.6 Å². The molecule has 0 radical (unpaired) electrons. The van der Waals surface area contributed by atoms with Gasteiger partial charge >= 0.3 is 5.97 Å². The number of aliphatic hydroxyl groups excluding tert-OH is 1. The number of benzene rings is 4. The Hall–Kier alpha value is -4.72. The molecule has 2 fully saturated rings. The van der Waals surface area contributed by atoms with Crippen molar-refractivity contribution in [1.29, 1.82) is 0 Å². The van der Waals surface area contributed by atoms with E-state index < -0.39 is 23.3 Å². The first-order valence-corrected chi connectivity index (χ1v) is 18.1. The summed E-state index contributed by atoms with van der Waals surface area (Å²) in [6.45, 7) is 3.99. The molecule has 0 saturated carbocycles. The molecule has 1 aromatic heterocycles. The van der Waals surface area contributed by atoms with Crippen molar-refractivity contribution in [3.8, 4) is 45.2 Å². The van der Waals surface area contributed by atoms with Gasteiger partial charge in [-0.05, 0) is 49.7 Å². The molecular formula is C41H44ClFN4O7. The molecule has 0 unspecified atom stereocenters. The average Bonchev–Trinajstić information content (AvgIpc) is 3.59. The van der Waals surface area contributed by atoms with Crippen molar-refractivity contribution >= 4 is 28.5 Å². The Morgan fingerprint density at radius 1 is 1.00 bits per heavy atom. The highest BCUT2D eigenvalue weighted by Gasteiger charge is 2.45. The van der Waals surface area contributed by atoms with E-state index in [0.717, 1.165) is 39.7 Å². The van der Waals surface area contributed by atoms with Gasteiger partial charge in [-0.2, -0.15) is 5.10 Å². The van der Waals surface area contributed by atoms with Crippen LogP contribution in [0.5, 0.6) is 17.2 Å². The van der Waals surface area contributed by atoms with Crippen molar-refractivity contribution in [2.45, 2.75) is 38.6 Å². The van der Waals surface area contributed by atoms with E-state index in [2.05, 4.69) is 4.90 Å². The number of aromatic nitrogens is 2. The van der Waals surface area contributed by atoms with Crippen LogP contribution in [0.4, 0.5) is 4.39 Å². The highest BCUT2D eigenvalue weighted by Crippen LogP contribution is 2.43. The van der Waals surface area contributed by atoms with Crippen LogP contribution < -0.4 is 14.2 Å². The molecule has 2 aliphatic rings. The number of likely N-dealkylation sites (tertiary alicyclic amines) is 1.